The van der Waals surface area contributed by atoms with E-state index in [0.717, 1.165) is 25.8 Å². The minimum absolute atomic E-state index is 0.0953. The Morgan fingerprint density at radius 2 is 1.50 bits per heavy atom. The fourth-order valence-corrected chi connectivity index (χ4v) is 7.59. The molecule has 1 aromatic heterocycles. The molecule has 5 aromatic carbocycles. The van der Waals surface area contributed by atoms with Crippen molar-refractivity contribution < 1.29 is 4.57 Å². The highest BCUT2D eigenvalue weighted by Gasteiger charge is 2.28. The zero-order valence-electron chi connectivity index (χ0n) is 19.7. The number of fused-ring (bicyclic) bond motifs is 6. The van der Waals surface area contributed by atoms with E-state index in [-0.39, 0.29) is 26.7 Å². The first-order valence-corrected chi connectivity index (χ1v) is 13.5. The molecule has 0 bridgehead atoms. The molecule has 0 radical (unpaired) electrons. The number of anilines is 1. The van der Waals surface area contributed by atoms with E-state index >= 15 is 0 Å². The van der Waals surface area contributed by atoms with Gasteiger partial charge in [0.1, 0.15) is 11.7 Å². The van der Waals surface area contributed by atoms with Gasteiger partial charge in [0.2, 0.25) is 16.4 Å². The minimum Gasteiger partial charge on any atom is -0.357 e. The predicted octanol–water partition coefficient (Wildman–Crippen LogP) is 3.81. The Hall–Kier alpha value is -3.74. The van der Waals surface area contributed by atoms with E-state index in [4.69, 9.17) is 0 Å². The maximum Gasteiger partial charge on any atom is 0.263 e. The van der Waals surface area contributed by atoms with E-state index < -0.39 is 0 Å². The molecule has 1 atom stereocenters. The van der Waals surface area contributed by atoms with E-state index in [2.05, 4.69) is 58.0 Å². The van der Waals surface area contributed by atoms with Crippen LogP contribution in [-0.2, 0) is 7.05 Å². The van der Waals surface area contributed by atoms with Gasteiger partial charge in [-0.05, 0) is 35.0 Å². The molecular formula is C30H21N2O2S2+. The SMILES string of the molecule is CN1c2c(ccc3ccccc23)SC1C=c1c(=O)c(=Cc2sc3ccc4ccccc4c3[n+]2C)c1=O. The molecule has 0 N–H and O–H groups in total. The maximum absolute atomic E-state index is 13.1. The van der Waals surface area contributed by atoms with Gasteiger partial charge in [0.15, 0.2) is 0 Å². The van der Waals surface area contributed by atoms with Crippen molar-refractivity contribution in [1.82, 2.24) is 0 Å². The first kappa shape index (κ1) is 21.5. The summed E-state index contributed by atoms with van der Waals surface area (Å²) in [6, 6.07) is 25.0. The third-order valence-electron chi connectivity index (χ3n) is 7.15. The van der Waals surface area contributed by atoms with Crippen molar-refractivity contribution >= 4 is 72.7 Å². The summed E-state index contributed by atoms with van der Waals surface area (Å²) in [5.41, 5.74) is 1.93. The Bertz CT molecular complexity index is 2030. The van der Waals surface area contributed by atoms with Crippen molar-refractivity contribution in [1.29, 1.82) is 0 Å². The van der Waals surface area contributed by atoms with Gasteiger partial charge in [-0.2, -0.15) is 4.57 Å². The van der Waals surface area contributed by atoms with Crippen LogP contribution >= 0.6 is 23.1 Å². The van der Waals surface area contributed by atoms with Crippen molar-refractivity contribution in [2.24, 2.45) is 7.05 Å². The second kappa shape index (κ2) is 7.88. The summed E-state index contributed by atoms with van der Waals surface area (Å²) in [5.74, 6) is 0. The van der Waals surface area contributed by atoms with Crippen LogP contribution in [0, 0.1) is 0 Å². The van der Waals surface area contributed by atoms with Crippen LogP contribution in [0.25, 0.3) is 43.9 Å². The minimum atomic E-state index is -0.169. The van der Waals surface area contributed by atoms with Crippen LogP contribution in [0.4, 0.5) is 5.69 Å². The van der Waals surface area contributed by atoms with Crippen molar-refractivity contribution in [3.05, 3.63) is 109 Å². The molecule has 7 rings (SSSR count). The third-order valence-corrected chi connectivity index (χ3v) is 9.57. The van der Waals surface area contributed by atoms with Crippen LogP contribution in [0.1, 0.15) is 5.01 Å². The van der Waals surface area contributed by atoms with Crippen molar-refractivity contribution in [3.8, 4) is 0 Å². The zero-order valence-corrected chi connectivity index (χ0v) is 21.3. The lowest BCUT2D eigenvalue weighted by molar-refractivity contribution is -0.641. The highest BCUT2D eigenvalue weighted by Crippen LogP contribution is 2.46. The summed E-state index contributed by atoms with van der Waals surface area (Å²) >= 11 is 3.27. The zero-order chi connectivity index (χ0) is 24.6. The van der Waals surface area contributed by atoms with E-state index in [9.17, 15) is 9.59 Å². The smallest absolute Gasteiger partial charge is 0.263 e. The van der Waals surface area contributed by atoms with Gasteiger partial charge in [-0.25, -0.2) is 0 Å². The molecule has 2 heterocycles. The van der Waals surface area contributed by atoms with Crippen LogP contribution in [0.5, 0.6) is 0 Å². The average molecular weight is 506 g/mol. The Kier molecular flexibility index (Phi) is 4.72. The van der Waals surface area contributed by atoms with E-state index in [1.165, 1.54) is 21.5 Å². The van der Waals surface area contributed by atoms with Gasteiger partial charge in [0, 0.05) is 23.4 Å². The highest BCUT2D eigenvalue weighted by molar-refractivity contribution is 8.00. The molecule has 4 nitrogen and oxygen atoms in total. The Labute approximate surface area is 214 Å². The molecule has 174 valence electrons. The summed E-state index contributed by atoms with van der Waals surface area (Å²) in [6.07, 6.45) is 3.59. The lowest BCUT2D eigenvalue weighted by Gasteiger charge is -2.19. The van der Waals surface area contributed by atoms with Crippen LogP contribution < -0.4 is 30.8 Å². The molecule has 6 heteroatoms. The number of rotatable bonds is 2. The summed E-state index contributed by atoms with van der Waals surface area (Å²) in [5, 5.41) is 6.05. The molecule has 0 saturated carbocycles. The van der Waals surface area contributed by atoms with Crippen molar-refractivity contribution in [2.75, 3.05) is 11.9 Å². The molecule has 0 amide bonds. The topological polar surface area (TPSA) is 41.3 Å². The number of thiazole rings is 1. The van der Waals surface area contributed by atoms with E-state index in [1.807, 2.05) is 44.4 Å². The summed E-state index contributed by atoms with van der Waals surface area (Å²) < 4.78 is 3.21. The predicted molar refractivity (Wildman–Crippen MR) is 151 cm³/mol. The second-order valence-electron chi connectivity index (χ2n) is 9.18. The Morgan fingerprint density at radius 3 is 2.28 bits per heavy atom. The largest absolute Gasteiger partial charge is 0.357 e. The Morgan fingerprint density at radius 1 is 0.833 bits per heavy atom. The number of hydrogen-bond acceptors (Lipinski definition) is 5. The molecule has 1 unspecified atom stereocenters. The van der Waals surface area contributed by atoms with Crippen LogP contribution in [0.2, 0.25) is 0 Å². The fourth-order valence-electron chi connectivity index (χ4n) is 5.24. The van der Waals surface area contributed by atoms with Gasteiger partial charge in [-0.3, -0.25) is 9.59 Å². The van der Waals surface area contributed by atoms with Crippen molar-refractivity contribution in [3.63, 3.8) is 0 Å². The number of hydrogen-bond donors (Lipinski definition) is 0. The molecule has 0 spiro atoms. The first-order valence-electron chi connectivity index (χ1n) is 11.8. The second-order valence-corrected chi connectivity index (χ2v) is 11.4. The quantitative estimate of drug-likeness (QED) is 0.336. The first-order chi connectivity index (χ1) is 17.5. The van der Waals surface area contributed by atoms with Gasteiger partial charge in [0.05, 0.1) is 26.9 Å². The molecular weight excluding hydrogens is 484 g/mol. The third kappa shape index (κ3) is 3.04. The number of nitrogens with zero attached hydrogens (tertiary/aromatic N) is 2. The van der Waals surface area contributed by atoms with Crippen LogP contribution in [0.3, 0.4) is 0 Å². The summed E-state index contributed by atoms with van der Waals surface area (Å²) in [6.45, 7) is 0. The molecule has 6 aromatic rings. The van der Waals surface area contributed by atoms with Crippen LogP contribution in [-0.4, -0.2) is 12.4 Å². The van der Waals surface area contributed by atoms with Gasteiger partial charge in [-0.15, -0.1) is 0 Å². The fraction of sp³-hybridized carbons (Fsp3) is 0.100. The number of thioether (sulfide) groups is 1. The number of benzene rings is 4. The van der Waals surface area contributed by atoms with Gasteiger partial charge < -0.3 is 4.90 Å². The number of aryl methyl sites for hydroxylation is 1. The molecule has 0 fully saturated rings. The molecule has 36 heavy (non-hydrogen) atoms. The molecule has 0 aliphatic carbocycles. The average Bonchev–Trinajstić information content (AvgIpc) is 3.41. The van der Waals surface area contributed by atoms with E-state index in [1.54, 1.807) is 29.2 Å². The maximum atomic E-state index is 13.1. The van der Waals surface area contributed by atoms with E-state index in [0.29, 0.717) is 0 Å². The monoisotopic (exact) mass is 505 g/mol. The van der Waals surface area contributed by atoms with Gasteiger partial charge >= 0.3 is 0 Å². The normalized spacial score (nSPS) is 15.3. The standard InChI is InChI=1S/C30H21N2O2S2/c1-31-25(35-23-13-11-17-7-3-5-9-19(17)27(23)31)15-21-29(33)22(30(21)34)16-26-32(2)28-20-10-6-4-8-18(20)12-14-24(28)36-26/h3-16,25H,1-2H3/q+1. The Balaban J connectivity index is 1.30. The number of aromatic nitrogens is 1. The van der Waals surface area contributed by atoms with Crippen LogP contribution in [0.15, 0.2) is 87.3 Å². The lowest BCUT2D eigenvalue weighted by atomic mass is 10.1. The molecule has 0 saturated heterocycles. The molecule has 1 aliphatic heterocycles. The van der Waals surface area contributed by atoms with Gasteiger partial charge in [-0.1, -0.05) is 77.7 Å². The lowest BCUT2D eigenvalue weighted by Crippen LogP contribution is -2.65. The summed E-state index contributed by atoms with van der Waals surface area (Å²) in [4.78, 5) is 29.5. The van der Waals surface area contributed by atoms with Gasteiger partial charge in [0.25, 0.3) is 5.01 Å². The molecule has 1 aliphatic rings. The highest BCUT2D eigenvalue weighted by atomic mass is 32.2. The van der Waals surface area contributed by atoms with Crippen molar-refractivity contribution in [2.45, 2.75) is 10.3 Å². The summed E-state index contributed by atoms with van der Waals surface area (Å²) in [7, 11) is 4.02.